The van der Waals surface area contributed by atoms with Gasteiger partial charge in [-0.05, 0) is 73.2 Å². The van der Waals surface area contributed by atoms with Gasteiger partial charge in [-0.2, -0.15) is 18.3 Å². The van der Waals surface area contributed by atoms with Crippen molar-refractivity contribution >= 4 is 28.4 Å². The van der Waals surface area contributed by atoms with E-state index >= 15 is 0 Å². The lowest BCUT2D eigenvalue weighted by atomic mass is 10.0. The predicted octanol–water partition coefficient (Wildman–Crippen LogP) is 6.05. The van der Waals surface area contributed by atoms with Gasteiger partial charge in [-0.15, -0.1) is 0 Å². The molecular formula is C27H17F4N7O. The van der Waals surface area contributed by atoms with Gasteiger partial charge in [0.05, 0.1) is 16.7 Å². The van der Waals surface area contributed by atoms with Crippen LogP contribution in [-0.4, -0.2) is 35.5 Å². The average Bonchev–Trinajstić information content (AvgIpc) is 3.52. The summed E-state index contributed by atoms with van der Waals surface area (Å²) < 4.78 is 54.6. The number of hydrogen-bond acceptors (Lipinski definition) is 5. The fourth-order valence-corrected chi connectivity index (χ4v) is 4.26. The fourth-order valence-electron chi connectivity index (χ4n) is 4.26. The highest BCUT2D eigenvalue weighted by Crippen LogP contribution is 2.34. The van der Waals surface area contributed by atoms with E-state index in [4.69, 9.17) is 4.98 Å². The number of nitrogens with zero attached hydrogens (tertiary/aromatic N) is 5. The molecule has 0 aliphatic carbocycles. The van der Waals surface area contributed by atoms with Crippen LogP contribution in [0.25, 0.3) is 39.2 Å². The SMILES string of the molecule is Cc1cc(-c2nc3cccnn3c2-c2ccnc(NC(=O)c3ccc4nc(C(F)(F)F)[nH]c4c3)c2)ccc1F. The van der Waals surface area contributed by atoms with Gasteiger partial charge < -0.3 is 10.3 Å². The van der Waals surface area contributed by atoms with Crippen LogP contribution in [0.3, 0.4) is 0 Å². The third-order valence-electron chi connectivity index (χ3n) is 6.11. The zero-order chi connectivity index (χ0) is 27.3. The molecule has 4 heterocycles. The van der Waals surface area contributed by atoms with Crippen molar-refractivity contribution in [3.8, 4) is 22.5 Å². The zero-order valence-corrected chi connectivity index (χ0v) is 20.1. The molecular weight excluding hydrogens is 514 g/mol. The number of carbonyl (C=O) groups excluding carboxylic acids is 1. The highest BCUT2D eigenvalue weighted by atomic mass is 19.4. The van der Waals surface area contributed by atoms with E-state index in [1.807, 2.05) is 0 Å². The van der Waals surface area contributed by atoms with E-state index in [1.165, 1.54) is 30.5 Å². The number of aryl methyl sites for hydroxylation is 1. The first kappa shape index (κ1) is 24.2. The number of carbonyl (C=O) groups is 1. The molecule has 0 fully saturated rings. The van der Waals surface area contributed by atoms with Crippen molar-refractivity contribution in [3.63, 3.8) is 0 Å². The smallest absolute Gasteiger partial charge is 0.334 e. The Labute approximate surface area is 217 Å². The van der Waals surface area contributed by atoms with Crippen LogP contribution in [0.1, 0.15) is 21.7 Å². The summed E-state index contributed by atoms with van der Waals surface area (Å²) in [6, 6.07) is 15.6. The number of hydrogen-bond donors (Lipinski definition) is 2. The molecule has 0 atom stereocenters. The van der Waals surface area contributed by atoms with Crippen molar-refractivity contribution in [2.45, 2.75) is 13.1 Å². The maximum atomic E-state index is 14.0. The number of halogens is 4. The second-order valence-corrected chi connectivity index (χ2v) is 8.77. The van der Waals surface area contributed by atoms with E-state index in [9.17, 15) is 22.4 Å². The van der Waals surface area contributed by atoms with E-state index in [-0.39, 0.29) is 28.2 Å². The van der Waals surface area contributed by atoms with E-state index in [2.05, 4.69) is 25.4 Å². The largest absolute Gasteiger partial charge is 0.449 e. The van der Waals surface area contributed by atoms with Crippen LogP contribution in [0.2, 0.25) is 0 Å². The number of aromatic amines is 1. The quantitative estimate of drug-likeness (QED) is 0.270. The third kappa shape index (κ3) is 4.45. The molecule has 0 aliphatic rings. The molecule has 4 aromatic heterocycles. The third-order valence-corrected chi connectivity index (χ3v) is 6.11. The summed E-state index contributed by atoms with van der Waals surface area (Å²) in [4.78, 5) is 27.6. The Morgan fingerprint density at radius 2 is 1.82 bits per heavy atom. The topological polar surface area (TPSA) is 101 Å². The Balaban J connectivity index is 1.36. The summed E-state index contributed by atoms with van der Waals surface area (Å²) in [7, 11) is 0. The minimum Gasteiger partial charge on any atom is -0.334 e. The predicted molar refractivity (Wildman–Crippen MR) is 135 cm³/mol. The summed E-state index contributed by atoms with van der Waals surface area (Å²) in [6.07, 6.45) is -1.53. The molecule has 8 nitrogen and oxygen atoms in total. The first-order valence-electron chi connectivity index (χ1n) is 11.6. The van der Waals surface area contributed by atoms with Gasteiger partial charge >= 0.3 is 6.18 Å². The summed E-state index contributed by atoms with van der Waals surface area (Å²) >= 11 is 0. The lowest BCUT2D eigenvalue weighted by Gasteiger charge is -2.09. The molecule has 6 rings (SSSR count). The van der Waals surface area contributed by atoms with Gasteiger partial charge in [-0.1, -0.05) is 0 Å². The standard InChI is InChI=1S/C27H17F4N7O/c1-14-11-15(4-6-18(14)28)23-24(38-22(37-23)3-2-9-33-38)16-8-10-32-21(13-16)36-25(39)17-5-7-19-20(12-17)35-26(34-19)27(29,30)31/h2-13H,1H3,(H,34,35)(H,32,36,39). The number of pyridine rings is 1. The van der Waals surface area contributed by atoms with Gasteiger partial charge in [0.25, 0.3) is 5.91 Å². The summed E-state index contributed by atoms with van der Waals surface area (Å²) in [5.74, 6) is -1.85. The van der Waals surface area contributed by atoms with Crippen LogP contribution in [0.5, 0.6) is 0 Å². The maximum Gasteiger partial charge on any atom is 0.449 e. The second kappa shape index (κ2) is 9.01. The van der Waals surface area contributed by atoms with Crippen molar-refractivity contribution in [3.05, 3.63) is 95.8 Å². The number of amides is 1. The molecule has 0 spiro atoms. The summed E-state index contributed by atoms with van der Waals surface area (Å²) in [6.45, 7) is 1.66. The fraction of sp³-hybridized carbons (Fsp3) is 0.0741. The van der Waals surface area contributed by atoms with Crippen LogP contribution >= 0.6 is 0 Å². The molecule has 12 heteroatoms. The van der Waals surface area contributed by atoms with Crippen molar-refractivity contribution in [2.24, 2.45) is 0 Å². The molecule has 6 aromatic rings. The van der Waals surface area contributed by atoms with Crippen molar-refractivity contribution in [1.82, 2.24) is 29.5 Å². The van der Waals surface area contributed by atoms with Crippen molar-refractivity contribution in [1.29, 1.82) is 0 Å². The van der Waals surface area contributed by atoms with E-state index < -0.39 is 17.9 Å². The number of anilines is 1. The molecule has 39 heavy (non-hydrogen) atoms. The monoisotopic (exact) mass is 531 g/mol. The maximum absolute atomic E-state index is 14.0. The first-order chi connectivity index (χ1) is 18.7. The molecule has 0 saturated carbocycles. The molecule has 2 aromatic carbocycles. The molecule has 2 N–H and O–H groups in total. The normalized spacial score (nSPS) is 11.8. The number of benzene rings is 2. The number of imidazole rings is 2. The first-order valence-corrected chi connectivity index (χ1v) is 11.6. The van der Waals surface area contributed by atoms with Crippen LogP contribution < -0.4 is 5.32 Å². The van der Waals surface area contributed by atoms with E-state index in [0.717, 1.165) is 0 Å². The number of aromatic nitrogens is 6. The molecule has 1 amide bonds. The van der Waals surface area contributed by atoms with Gasteiger partial charge in [0.15, 0.2) is 5.65 Å². The van der Waals surface area contributed by atoms with E-state index in [0.29, 0.717) is 33.7 Å². The van der Waals surface area contributed by atoms with Gasteiger partial charge in [0.1, 0.15) is 17.3 Å². The van der Waals surface area contributed by atoms with Crippen molar-refractivity contribution in [2.75, 3.05) is 5.32 Å². The van der Waals surface area contributed by atoms with Gasteiger partial charge in [0.2, 0.25) is 5.82 Å². The number of alkyl halides is 3. The second-order valence-electron chi connectivity index (χ2n) is 8.77. The Kier molecular flexibility index (Phi) is 5.60. The minimum absolute atomic E-state index is 0.0766. The van der Waals surface area contributed by atoms with Gasteiger partial charge in [0, 0.05) is 29.1 Å². The molecule has 0 unspecified atom stereocenters. The van der Waals surface area contributed by atoms with E-state index in [1.54, 1.807) is 54.0 Å². The van der Waals surface area contributed by atoms with Crippen molar-refractivity contribution < 1.29 is 22.4 Å². The molecule has 194 valence electrons. The van der Waals surface area contributed by atoms with Crippen LogP contribution in [0, 0.1) is 12.7 Å². The summed E-state index contributed by atoms with van der Waals surface area (Å²) in [5.41, 5.74) is 3.78. The Hall–Kier alpha value is -5.13. The van der Waals surface area contributed by atoms with Crippen LogP contribution in [0.15, 0.2) is 73.1 Å². The number of nitrogens with one attached hydrogen (secondary N) is 2. The minimum atomic E-state index is -4.63. The Morgan fingerprint density at radius 3 is 2.62 bits per heavy atom. The number of H-pyrrole nitrogens is 1. The molecule has 0 bridgehead atoms. The molecule has 0 saturated heterocycles. The highest BCUT2D eigenvalue weighted by Gasteiger charge is 2.34. The molecule has 0 aliphatic heterocycles. The van der Waals surface area contributed by atoms with Gasteiger partial charge in [-0.25, -0.2) is 23.9 Å². The van der Waals surface area contributed by atoms with Crippen LogP contribution in [0.4, 0.5) is 23.4 Å². The summed E-state index contributed by atoms with van der Waals surface area (Å²) in [5, 5.41) is 7.09. The lowest BCUT2D eigenvalue weighted by Crippen LogP contribution is -2.13. The van der Waals surface area contributed by atoms with Crippen LogP contribution in [-0.2, 0) is 6.18 Å². The number of rotatable bonds is 4. The van der Waals surface area contributed by atoms with Gasteiger partial charge in [-0.3, -0.25) is 4.79 Å². The zero-order valence-electron chi connectivity index (χ0n) is 20.1. The lowest BCUT2D eigenvalue weighted by molar-refractivity contribution is -0.144. The Morgan fingerprint density at radius 1 is 0.974 bits per heavy atom. The molecule has 0 radical (unpaired) electrons. The average molecular weight is 531 g/mol. The Bertz CT molecular complexity index is 1890. The number of fused-ring (bicyclic) bond motifs is 2. The highest BCUT2D eigenvalue weighted by molar-refractivity contribution is 6.05.